The monoisotopic (exact) mass is 469 g/mol. The van der Waals surface area contributed by atoms with E-state index in [4.69, 9.17) is 4.84 Å². The molecule has 2 heterocycles. The number of fused-ring (bicyclic) bond motifs is 1. The number of unbranched alkanes of at least 4 members (excludes halogenated alkanes) is 1. The van der Waals surface area contributed by atoms with E-state index in [0.717, 1.165) is 25.7 Å². The molecule has 9 heteroatoms. The van der Waals surface area contributed by atoms with Gasteiger partial charge < -0.3 is 4.90 Å². The number of Topliss-reactive ketones (excluding diaryl/α,β-unsaturated/α-hetero) is 1. The van der Waals surface area contributed by atoms with Gasteiger partial charge in [0.2, 0.25) is 5.91 Å². The summed E-state index contributed by atoms with van der Waals surface area (Å²) >= 11 is 0. The number of ketones is 1. The number of likely N-dealkylation sites (tertiary alicyclic amines) is 1. The van der Waals surface area contributed by atoms with Crippen molar-refractivity contribution in [2.24, 2.45) is 5.92 Å². The minimum absolute atomic E-state index is 0.0695. The molecule has 0 aromatic heterocycles. The number of quaternary nitrogens is 1. The van der Waals surface area contributed by atoms with Gasteiger partial charge in [0.05, 0.1) is 5.69 Å². The quantitative estimate of drug-likeness (QED) is 0.404. The number of halogens is 3. The summed E-state index contributed by atoms with van der Waals surface area (Å²) in [5.74, 6) is -1.91. The van der Waals surface area contributed by atoms with E-state index in [1.54, 1.807) is 29.2 Å². The molecular weight excluding hydrogens is 437 g/mol. The van der Waals surface area contributed by atoms with Crippen molar-refractivity contribution in [3.05, 3.63) is 29.8 Å². The van der Waals surface area contributed by atoms with Crippen molar-refractivity contribution in [3.8, 4) is 0 Å². The number of carbonyl (C=O) groups is 3. The fourth-order valence-corrected chi connectivity index (χ4v) is 4.86. The minimum atomic E-state index is -5.03. The maximum absolute atomic E-state index is 12.9. The van der Waals surface area contributed by atoms with Crippen LogP contribution >= 0.6 is 0 Å². The SMILES string of the molecule is CCCC1CC[N+](CCCCN2C(=O)CCC(=O)c3ccccc32)(OC(=O)C(F)(F)F)CC1. The molecule has 0 bridgehead atoms. The Balaban J connectivity index is 1.64. The van der Waals surface area contributed by atoms with Gasteiger partial charge >= 0.3 is 12.1 Å². The molecule has 1 aromatic rings. The number of benzene rings is 1. The molecule has 0 aliphatic carbocycles. The molecule has 0 unspecified atom stereocenters. The molecule has 3 rings (SSSR count). The third kappa shape index (κ3) is 6.34. The first-order valence-corrected chi connectivity index (χ1v) is 11.7. The van der Waals surface area contributed by atoms with Crippen LogP contribution in [0.25, 0.3) is 0 Å². The van der Waals surface area contributed by atoms with Gasteiger partial charge in [-0.15, -0.1) is 4.65 Å². The van der Waals surface area contributed by atoms with Crippen LogP contribution < -0.4 is 4.90 Å². The van der Waals surface area contributed by atoms with Crippen molar-refractivity contribution in [1.29, 1.82) is 0 Å². The Morgan fingerprint density at radius 1 is 1.12 bits per heavy atom. The number of anilines is 1. The molecule has 182 valence electrons. The van der Waals surface area contributed by atoms with E-state index < -0.39 is 12.1 Å². The molecule has 2 aliphatic heterocycles. The van der Waals surface area contributed by atoms with Gasteiger partial charge in [-0.3, -0.25) is 14.4 Å². The van der Waals surface area contributed by atoms with E-state index in [1.807, 2.05) is 0 Å². The van der Waals surface area contributed by atoms with Crippen molar-refractivity contribution in [3.63, 3.8) is 0 Å². The third-order valence-corrected chi connectivity index (χ3v) is 6.65. The van der Waals surface area contributed by atoms with E-state index in [1.165, 1.54) is 0 Å². The number of hydrogen-bond donors (Lipinski definition) is 0. The first-order chi connectivity index (χ1) is 15.6. The Morgan fingerprint density at radius 2 is 1.82 bits per heavy atom. The Kier molecular flexibility index (Phi) is 8.15. The molecule has 1 aromatic carbocycles. The van der Waals surface area contributed by atoms with Crippen LogP contribution in [-0.2, 0) is 14.4 Å². The molecule has 1 saturated heterocycles. The summed E-state index contributed by atoms with van der Waals surface area (Å²) in [5, 5.41) is 0. The molecule has 1 fully saturated rings. The lowest BCUT2D eigenvalue weighted by Crippen LogP contribution is -2.56. The predicted molar refractivity (Wildman–Crippen MR) is 116 cm³/mol. The van der Waals surface area contributed by atoms with Gasteiger partial charge in [0, 0.05) is 44.2 Å². The summed E-state index contributed by atoms with van der Waals surface area (Å²) in [6, 6.07) is 6.99. The number of hydroxylamine groups is 3. The summed E-state index contributed by atoms with van der Waals surface area (Å²) in [7, 11) is 0. The smallest absolute Gasteiger partial charge is 0.312 e. The first-order valence-electron chi connectivity index (χ1n) is 11.7. The van der Waals surface area contributed by atoms with Crippen molar-refractivity contribution in [2.45, 2.75) is 64.5 Å². The number of piperidine rings is 1. The van der Waals surface area contributed by atoms with Gasteiger partial charge in [-0.1, -0.05) is 31.9 Å². The number of para-hydroxylation sites is 1. The summed E-state index contributed by atoms with van der Waals surface area (Å²) in [4.78, 5) is 43.2. The highest BCUT2D eigenvalue weighted by Crippen LogP contribution is 2.31. The maximum atomic E-state index is 12.9. The summed E-state index contributed by atoms with van der Waals surface area (Å²) in [6.45, 7) is 3.44. The zero-order chi connectivity index (χ0) is 24.1. The number of rotatable bonds is 8. The number of carbonyl (C=O) groups excluding carboxylic acids is 3. The molecule has 6 nitrogen and oxygen atoms in total. The molecule has 0 radical (unpaired) electrons. The highest BCUT2D eigenvalue weighted by Gasteiger charge is 2.48. The van der Waals surface area contributed by atoms with Gasteiger partial charge in [-0.2, -0.15) is 13.2 Å². The zero-order valence-electron chi connectivity index (χ0n) is 19.0. The van der Waals surface area contributed by atoms with Gasteiger partial charge in [-0.05, 0) is 24.5 Å². The van der Waals surface area contributed by atoms with Gasteiger partial charge in [0.15, 0.2) is 5.78 Å². The third-order valence-electron chi connectivity index (χ3n) is 6.65. The zero-order valence-corrected chi connectivity index (χ0v) is 19.0. The van der Waals surface area contributed by atoms with Crippen molar-refractivity contribution >= 4 is 23.3 Å². The summed E-state index contributed by atoms with van der Waals surface area (Å²) < 4.78 is 38.4. The number of alkyl halides is 3. The van der Waals surface area contributed by atoms with Crippen molar-refractivity contribution in [1.82, 2.24) is 0 Å². The second-order valence-corrected chi connectivity index (χ2v) is 9.03. The Morgan fingerprint density at radius 3 is 2.48 bits per heavy atom. The second kappa shape index (κ2) is 10.7. The molecule has 0 saturated carbocycles. The Labute approximate surface area is 192 Å². The standard InChI is InChI=1S/C24H32F3N2O4/c1-2-7-18-12-16-29(17-13-18,33-23(32)24(25,26)27)15-6-5-14-28-20-9-4-3-8-19(20)21(30)10-11-22(28)31/h3-4,8-9,18H,2,5-7,10-17H2,1H3/q+1. The Hall–Kier alpha value is -2.42. The lowest BCUT2D eigenvalue weighted by molar-refractivity contribution is -1.09. The van der Waals surface area contributed by atoms with E-state index >= 15 is 0 Å². The molecular formula is C24H32F3N2O4+. The van der Waals surface area contributed by atoms with Crippen molar-refractivity contribution < 1.29 is 37.0 Å². The van der Waals surface area contributed by atoms with Crippen LogP contribution in [0.5, 0.6) is 0 Å². The lowest BCUT2D eigenvalue weighted by Gasteiger charge is -2.40. The highest BCUT2D eigenvalue weighted by atomic mass is 19.4. The maximum Gasteiger partial charge on any atom is 0.497 e. The molecule has 1 amide bonds. The second-order valence-electron chi connectivity index (χ2n) is 9.03. The van der Waals surface area contributed by atoms with Gasteiger partial charge in [0.1, 0.15) is 19.6 Å². The molecule has 2 aliphatic rings. The van der Waals surface area contributed by atoms with Crippen LogP contribution in [0.3, 0.4) is 0 Å². The molecule has 33 heavy (non-hydrogen) atoms. The van der Waals surface area contributed by atoms with Crippen LogP contribution in [0.2, 0.25) is 0 Å². The van der Waals surface area contributed by atoms with E-state index in [9.17, 15) is 27.6 Å². The van der Waals surface area contributed by atoms with E-state index in [0.29, 0.717) is 49.6 Å². The number of nitrogens with zero attached hydrogens (tertiary/aromatic N) is 2. The van der Waals surface area contributed by atoms with Crippen LogP contribution in [0.4, 0.5) is 18.9 Å². The lowest BCUT2D eigenvalue weighted by atomic mass is 9.92. The van der Waals surface area contributed by atoms with Gasteiger partial charge in [0.25, 0.3) is 0 Å². The van der Waals surface area contributed by atoms with E-state index in [2.05, 4.69) is 6.92 Å². The van der Waals surface area contributed by atoms with Crippen LogP contribution in [-0.4, -0.2) is 54.7 Å². The van der Waals surface area contributed by atoms with Gasteiger partial charge in [-0.25, -0.2) is 4.79 Å². The molecule has 0 spiro atoms. The predicted octanol–water partition coefficient (Wildman–Crippen LogP) is 4.82. The minimum Gasteiger partial charge on any atom is -0.312 e. The average Bonchev–Trinajstić information content (AvgIpc) is 2.89. The Bertz CT molecular complexity index is 864. The van der Waals surface area contributed by atoms with Crippen LogP contribution in [0.1, 0.15) is 68.6 Å². The molecule has 0 atom stereocenters. The fourth-order valence-electron chi connectivity index (χ4n) is 4.86. The van der Waals surface area contributed by atoms with Crippen LogP contribution in [0, 0.1) is 5.92 Å². The van der Waals surface area contributed by atoms with Crippen molar-refractivity contribution in [2.75, 3.05) is 31.1 Å². The highest BCUT2D eigenvalue weighted by molar-refractivity contribution is 6.10. The number of amides is 1. The fraction of sp³-hybridized carbons (Fsp3) is 0.625. The largest absolute Gasteiger partial charge is 0.497 e. The van der Waals surface area contributed by atoms with E-state index in [-0.39, 0.29) is 35.7 Å². The molecule has 0 N–H and O–H groups in total. The summed E-state index contributed by atoms with van der Waals surface area (Å²) in [6.07, 6.45) is -0.241. The normalized spacial score (nSPS) is 23.8. The topological polar surface area (TPSA) is 63.7 Å². The summed E-state index contributed by atoms with van der Waals surface area (Å²) in [5.41, 5.74) is 1.10. The number of hydrogen-bond acceptors (Lipinski definition) is 4. The average molecular weight is 470 g/mol. The first kappa shape index (κ1) is 25.2. The van der Waals surface area contributed by atoms with Crippen LogP contribution in [0.15, 0.2) is 24.3 Å².